The van der Waals surface area contributed by atoms with Gasteiger partial charge in [-0.3, -0.25) is 14.7 Å². The third kappa shape index (κ3) is 3.57. The summed E-state index contributed by atoms with van der Waals surface area (Å²) in [7, 11) is 0. The van der Waals surface area contributed by atoms with Gasteiger partial charge in [-0.05, 0) is 31.7 Å². The molecule has 6 nitrogen and oxygen atoms in total. The largest absolute Gasteiger partial charge is 0.327 e. The summed E-state index contributed by atoms with van der Waals surface area (Å²) in [5.41, 5.74) is 2.76. The van der Waals surface area contributed by atoms with Crippen LogP contribution in [0.15, 0.2) is 30.3 Å². The molecule has 3 rings (SSSR count). The number of anilines is 1. The lowest BCUT2D eigenvalue weighted by molar-refractivity contribution is -0.141. The number of aromatic amines is 1. The quantitative estimate of drug-likeness (QED) is 0.878. The average Bonchev–Trinajstić information content (AvgIpc) is 2.98. The molecule has 2 heterocycles. The van der Waals surface area contributed by atoms with Crippen LogP contribution in [0.25, 0.3) is 0 Å². The van der Waals surface area contributed by atoms with Gasteiger partial charge in [-0.15, -0.1) is 0 Å². The lowest BCUT2D eigenvalue weighted by atomic mass is 10.0. The van der Waals surface area contributed by atoms with Crippen molar-refractivity contribution in [2.24, 2.45) is 0 Å². The van der Waals surface area contributed by atoms with Gasteiger partial charge in [0.1, 0.15) is 6.04 Å². The van der Waals surface area contributed by atoms with E-state index in [4.69, 9.17) is 0 Å². The Kier molecular flexibility index (Phi) is 5.16. The molecule has 0 radical (unpaired) electrons. The van der Waals surface area contributed by atoms with Gasteiger partial charge in [0.2, 0.25) is 5.91 Å². The second-order valence-electron chi connectivity index (χ2n) is 6.38. The van der Waals surface area contributed by atoms with Crippen LogP contribution in [-0.4, -0.2) is 33.5 Å². The predicted octanol–water partition coefficient (Wildman–Crippen LogP) is 2.97. The van der Waals surface area contributed by atoms with Gasteiger partial charge in [0, 0.05) is 24.2 Å². The predicted molar refractivity (Wildman–Crippen MR) is 96.1 cm³/mol. The monoisotopic (exact) mass is 340 g/mol. The zero-order chi connectivity index (χ0) is 17.8. The maximum atomic E-state index is 13.0. The van der Waals surface area contributed by atoms with E-state index < -0.39 is 6.04 Å². The first-order chi connectivity index (χ1) is 12.1. The molecule has 0 bridgehead atoms. The highest BCUT2D eigenvalue weighted by Gasteiger charge is 2.33. The minimum absolute atomic E-state index is 0.0308. The third-order valence-electron chi connectivity index (χ3n) is 4.74. The highest BCUT2D eigenvalue weighted by Crippen LogP contribution is 2.27. The van der Waals surface area contributed by atoms with Gasteiger partial charge in [-0.25, -0.2) is 0 Å². The van der Waals surface area contributed by atoms with E-state index in [1.165, 1.54) is 0 Å². The number of hydrogen-bond acceptors (Lipinski definition) is 3. The summed E-state index contributed by atoms with van der Waals surface area (Å²) in [5, 5.41) is 10.1. The number of nitrogens with zero attached hydrogens (tertiary/aromatic N) is 2. The van der Waals surface area contributed by atoms with Gasteiger partial charge in [0.05, 0.1) is 0 Å². The van der Waals surface area contributed by atoms with Crippen molar-refractivity contribution in [1.82, 2.24) is 15.1 Å². The van der Waals surface area contributed by atoms with Crippen molar-refractivity contribution >= 4 is 17.6 Å². The van der Waals surface area contributed by atoms with E-state index in [1.807, 2.05) is 44.2 Å². The summed E-state index contributed by atoms with van der Waals surface area (Å²) in [6, 6.07) is 8.83. The lowest BCUT2D eigenvalue weighted by Gasteiger charge is -2.34. The Morgan fingerprint density at radius 1 is 1.32 bits per heavy atom. The number of amides is 2. The van der Waals surface area contributed by atoms with Crippen LogP contribution in [0.2, 0.25) is 0 Å². The van der Waals surface area contributed by atoms with Crippen molar-refractivity contribution < 1.29 is 9.59 Å². The number of hydrogen-bond donors (Lipinski definition) is 2. The highest BCUT2D eigenvalue weighted by molar-refractivity contribution is 5.97. The molecule has 2 amide bonds. The Bertz CT molecular complexity index is 754. The number of piperidine rings is 1. The molecule has 0 spiro atoms. The van der Waals surface area contributed by atoms with E-state index in [2.05, 4.69) is 15.5 Å². The van der Waals surface area contributed by atoms with Crippen LogP contribution in [0.3, 0.4) is 0 Å². The van der Waals surface area contributed by atoms with Crippen molar-refractivity contribution in [1.29, 1.82) is 0 Å². The molecule has 1 aliphatic heterocycles. The van der Waals surface area contributed by atoms with Gasteiger partial charge < -0.3 is 10.2 Å². The molecule has 1 aliphatic rings. The van der Waals surface area contributed by atoms with E-state index in [1.54, 1.807) is 4.90 Å². The normalized spacial score (nSPS) is 15.9. The highest BCUT2D eigenvalue weighted by atomic mass is 16.2. The average molecular weight is 340 g/mol. The first kappa shape index (κ1) is 17.2. The maximum Gasteiger partial charge on any atom is 0.253 e. The fraction of sp³-hybridized carbons (Fsp3) is 0.421. The van der Waals surface area contributed by atoms with Crippen molar-refractivity contribution in [3.63, 3.8) is 0 Å². The second-order valence-corrected chi connectivity index (χ2v) is 6.38. The van der Waals surface area contributed by atoms with Gasteiger partial charge in [0.25, 0.3) is 5.91 Å². The van der Waals surface area contributed by atoms with E-state index in [-0.39, 0.29) is 11.8 Å². The fourth-order valence-electron chi connectivity index (χ4n) is 3.29. The molecule has 2 aromatic rings. The standard InChI is InChI=1S/C19H24N4O2/c1-3-15-13(2)18(22-21-15)20-19(25)17(14-9-5-4-6-10-14)23-12-8-7-11-16(23)24/h4-6,9-10,17H,3,7-8,11-12H2,1-2H3,(H2,20,21,22,25). The number of aryl methyl sites for hydroxylation is 1. The van der Waals surface area contributed by atoms with E-state index >= 15 is 0 Å². The minimum Gasteiger partial charge on any atom is -0.327 e. The molecular weight excluding hydrogens is 316 g/mol. The number of benzene rings is 1. The summed E-state index contributed by atoms with van der Waals surface area (Å²) in [5.74, 6) is 0.342. The lowest BCUT2D eigenvalue weighted by Crippen LogP contribution is -2.43. The summed E-state index contributed by atoms with van der Waals surface area (Å²) in [6.45, 7) is 4.57. The van der Waals surface area contributed by atoms with Crippen LogP contribution in [0, 0.1) is 6.92 Å². The summed E-state index contributed by atoms with van der Waals surface area (Å²) >= 11 is 0. The number of H-pyrrole nitrogens is 1. The van der Waals surface area contributed by atoms with Crippen LogP contribution in [0.4, 0.5) is 5.82 Å². The van der Waals surface area contributed by atoms with Crippen LogP contribution < -0.4 is 5.32 Å². The zero-order valence-electron chi connectivity index (χ0n) is 14.7. The number of nitrogens with one attached hydrogen (secondary N) is 2. The minimum atomic E-state index is -0.629. The Hall–Kier alpha value is -2.63. The Balaban J connectivity index is 1.89. The molecule has 1 aromatic carbocycles. The molecule has 1 aromatic heterocycles. The van der Waals surface area contributed by atoms with E-state index in [9.17, 15) is 9.59 Å². The molecule has 2 N–H and O–H groups in total. The molecule has 25 heavy (non-hydrogen) atoms. The number of likely N-dealkylation sites (tertiary alicyclic amines) is 1. The Morgan fingerprint density at radius 3 is 2.72 bits per heavy atom. The molecule has 1 unspecified atom stereocenters. The van der Waals surface area contributed by atoms with Crippen LogP contribution >= 0.6 is 0 Å². The van der Waals surface area contributed by atoms with Crippen LogP contribution in [-0.2, 0) is 16.0 Å². The topological polar surface area (TPSA) is 78.1 Å². The zero-order valence-corrected chi connectivity index (χ0v) is 14.7. The summed E-state index contributed by atoms with van der Waals surface area (Å²) < 4.78 is 0. The van der Waals surface area contributed by atoms with Gasteiger partial charge >= 0.3 is 0 Å². The molecule has 0 saturated carbocycles. The van der Waals surface area contributed by atoms with Gasteiger partial charge in [-0.2, -0.15) is 5.10 Å². The number of rotatable bonds is 5. The molecule has 6 heteroatoms. The van der Waals surface area contributed by atoms with Gasteiger partial charge in [-0.1, -0.05) is 37.3 Å². The van der Waals surface area contributed by atoms with Crippen molar-refractivity contribution in [2.45, 2.75) is 45.6 Å². The maximum absolute atomic E-state index is 13.0. The van der Waals surface area contributed by atoms with Crippen molar-refractivity contribution in [2.75, 3.05) is 11.9 Å². The van der Waals surface area contributed by atoms with E-state index in [0.29, 0.717) is 18.8 Å². The molecule has 132 valence electrons. The van der Waals surface area contributed by atoms with Crippen LogP contribution in [0.1, 0.15) is 49.0 Å². The summed E-state index contributed by atoms with van der Waals surface area (Å²) in [4.78, 5) is 27.1. The van der Waals surface area contributed by atoms with Crippen molar-refractivity contribution in [3.8, 4) is 0 Å². The smallest absolute Gasteiger partial charge is 0.253 e. The van der Waals surface area contributed by atoms with Crippen molar-refractivity contribution in [3.05, 3.63) is 47.2 Å². The Morgan fingerprint density at radius 2 is 2.08 bits per heavy atom. The van der Waals surface area contributed by atoms with E-state index in [0.717, 1.165) is 36.1 Å². The molecule has 0 aliphatic carbocycles. The first-order valence-corrected chi connectivity index (χ1v) is 8.81. The third-order valence-corrected chi connectivity index (χ3v) is 4.74. The summed E-state index contributed by atoms with van der Waals surface area (Å²) in [6.07, 6.45) is 3.13. The Labute approximate surface area is 147 Å². The first-order valence-electron chi connectivity index (χ1n) is 8.81. The molecular formula is C19H24N4O2. The molecule has 1 atom stereocenters. The van der Waals surface area contributed by atoms with Gasteiger partial charge in [0.15, 0.2) is 5.82 Å². The molecule has 1 saturated heterocycles. The number of carbonyl (C=O) groups excluding carboxylic acids is 2. The second kappa shape index (κ2) is 7.51. The number of aromatic nitrogens is 2. The SMILES string of the molecule is CCc1[nH]nc(NC(=O)C(c2ccccc2)N2CCCCC2=O)c1C. The number of carbonyl (C=O) groups is 2. The van der Waals surface area contributed by atoms with Crippen LogP contribution in [0.5, 0.6) is 0 Å². The molecule has 1 fully saturated rings. The fourth-order valence-corrected chi connectivity index (χ4v) is 3.29.